The number of carbonyl (C=O) groups is 2. The minimum atomic E-state index is -0.716. The maximum Gasteiger partial charge on any atom is 0.254 e. The van der Waals surface area contributed by atoms with Crippen LogP contribution >= 0.6 is 11.8 Å². The topological polar surface area (TPSA) is 107 Å². The third-order valence-electron chi connectivity index (χ3n) is 6.04. The Labute approximate surface area is 220 Å². The van der Waals surface area contributed by atoms with E-state index in [-0.39, 0.29) is 17.6 Å². The van der Waals surface area contributed by atoms with Gasteiger partial charge in [-0.15, -0.1) is 0 Å². The van der Waals surface area contributed by atoms with Crippen molar-refractivity contribution in [3.63, 3.8) is 0 Å². The monoisotopic (exact) mass is 512 g/mol. The number of anilines is 2. The molecule has 2 aromatic carbocycles. The summed E-state index contributed by atoms with van der Waals surface area (Å²) in [6.45, 7) is 7.71. The van der Waals surface area contributed by atoms with E-state index in [9.17, 15) is 14.9 Å². The maximum atomic E-state index is 13.7. The number of carbonyl (C=O) groups excluding carboxylic acids is 2. The van der Waals surface area contributed by atoms with Gasteiger partial charge in [-0.2, -0.15) is 5.26 Å². The maximum absolute atomic E-state index is 13.7. The van der Waals surface area contributed by atoms with Crippen molar-refractivity contribution in [2.24, 2.45) is 0 Å². The van der Waals surface area contributed by atoms with E-state index >= 15 is 0 Å². The molecule has 0 bridgehead atoms. The van der Waals surface area contributed by atoms with Crippen LogP contribution in [0.1, 0.15) is 35.3 Å². The highest BCUT2D eigenvalue weighted by atomic mass is 32.2. The Morgan fingerprint density at radius 3 is 2.35 bits per heavy atom. The first-order valence-corrected chi connectivity index (χ1v) is 12.8. The van der Waals surface area contributed by atoms with E-state index < -0.39 is 5.92 Å². The predicted octanol–water partition coefficient (Wildman–Crippen LogP) is 5.91. The zero-order valence-electron chi connectivity index (χ0n) is 21.1. The van der Waals surface area contributed by atoms with Crippen molar-refractivity contribution in [3.8, 4) is 6.07 Å². The molecule has 0 aliphatic carbocycles. The van der Waals surface area contributed by atoms with Crippen LogP contribution in [0.4, 0.5) is 11.4 Å². The van der Waals surface area contributed by atoms with E-state index in [4.69, 9.17) is 4.42 Å². The van der Waals surface area contributed by atoms with Gasteiger partial charge in [-0.1, -0.05) is 47.7 Å². The molecule has 0 saturated carbocycles. The number of aryl methyl sites for hydroxylation is 3. The highest BCUT2D eigenvalue weighted by Crippen LogP contribution is 2.41. The zero-order valence-corrected chi connectivity index (χ0v) is 22.0. The zero-order chi connectivity index (χ0) is 26.5. The number of rotatable bonds is 7. The second kappa shape index (κ2) is 11.2. The molecule has 0 fully saturated rings. The fourth-order valence-corrected chi connectivity index (χ4v) is 5.37. The molecule has 0 saturated heterocycles. The summed E-state index contributed by atoms with van der Waals surface area (Å²) in [4.78, 5) is 26.2. The van der Waals surface area contributed by atoms with Gasteiger partial charge < -0.3 is 20.4 Å². The van der Waals surface area contributed by atoms with Crippen molar-refractivity contribution in [2.45, 2.75) is 33.6 Å². The van der Waals surface area contributed by atoms with Crippen molar-refractivity contribution in [3.05, 3.63) is 105 Å². The number of furan rings is 1. The van der Waals surface area contributed by atoms with Crippen molar-refractivity contribution in [1.82, 2.24) is 5.32 Å². The van der Waals surface area contributed by atoms with Gasteiger partial charge in [0.15, 0.2) is 0 Å². The second-order valence-electron chi connectivity index (χ2n) is 8.90. The first-order chi connectivity index (χ1) is 17.8. The summed E-state index contributed by atoms with van der Waals surface area (Å²) >= 11 is 1.21. The van der Waals surface area contributed by atoms with Crippen LogP contribution < -0.4 is 16.0 Å². The van der Waals surface area contributed by atoms with E-state index in [1.165, 1.54) is 18.0 Å². The fraction of sp³-hybridized carbons (Fsp3) is 0.207. The molecule has 1 aliphatic heterocycles. The predicted molar refractivity (Wildman–Crippen MR) is 147 cm³/mol. The lowest BCUT2D eigenvalue weighted by molar-refractivity contribution is -0.114. The number of thioether (sulfide) groups is 1. The van der Waals surface area contributed by atoms with E-state index in [1.807, 2.05) is 63.2 Å². The Hall–Kier alpha value is -4.22. The van der Waals surface area contributed by atoms with Crippen molar-refractivity contribution in [1.29, 1.82) is 5.26 Å². The number of para-hydroxylation sites is 1. The first kappa shape index (κ1) is 25.9. The smallest absolute Gasteiger partial charge is 0.254 e. The molecule has 1 aromatic heterocycles. The van der Waals surface area contributed by atoms with Gasteiger partial charge in [-0.3, -0.25) is 9.59 Å². The molecule has 37 heavy (non-hydrogen) atoms. The molecule has 1 atom stereocenters. The average Bonchev–Trinajstić information content (AvgIpc) is 3.39. The lowest BCUT2D eigenvalue weighted by Gasteiger charge is -2.28. The van der Waals surface area contributed by atoms with Crippen LogP contribution in [-0.4, -0.2) is 17.6 Å². The van der Waals surface area contributed by atoms with E-state index in [0.717, 1.165) is 22.4 Å². The number of nitrogens with zero attached hydrogens (tertiary/aromatic N) is 1. The van der Waals surface area contributed by atoms with E-state index in [0.29, 0.717) is 33.3 Å². The first-order valence-electron chi connectivity index (χ1n) is 11.8. The lowest BCUT2D eigenvalue weighted by Crippen LogP contribution is -2.31. The van der Waals surface area contributed by atoms with Crippen LogP contribution in [0.25, 0.3) is 0 Å². The molecule has 1 aliphatic rings. The molecule has 4 rings (SSSR count). The van der Waals surface area contributed by atoms with Crippen LogP contribution in [0.2, 0.25) is 0 Å². The molecule has 2 heterocycles. The van der Waals surface area contributed by atoms with Crippen LogP contribution in [-0.2, 0) is 9.59 Å². The third kappa shape index (κ3) is 5.79. The Bertz CT molecular complexity index is 1410. The van der Waals surface area contributed by atoms with Crippen LogP contribution in [0.5, 0.6) is 0 Å². The summed E-state index contributed by atoms with van der Waals surface area (Å²) in [5, 5.41) is 19.8. The van der Waals surface area contributed by atoms with Gasteiger partial charge in [-0.05, 0) is 63.1 Å². The number of hydrogen-bond donors (Lipinski definition) is 3. The molecule has 0 unspecified atom stereocenters. The molecule has 0 spiro atoms. The lowest BCUT2D eigenvalue weighted by atomic mass is 9.85. The molecule has 2 amide bonds. The summed E-state index contributed by atoms with van der Waals surface area (Å²) in [5.41, 5.74) is 5.77. The average molecular weight is 513 g/mol. The molecular formula is C29H28N4O3S. The standard InChI is InChI=1S/C29H28N4O3S/c1-17-13-18(2)27(19(3)14-17)33-28(35)25-20(4)31-29(22(15-30)26(25)23-11-8-12-36-23)37-16-24(34)32-21-9-6-5-7-10-21/h5-14,26,31H,16H2,1-4H3,(H,32,34)(H,33,35)/t26-/m0/s1. The summed E-state index contributed by atoms with van der Waals surface area (Å²) in [7, 11) is 0. The Morgan fingerprint density at radius 1 is 1.03 bits per heavy atom. The minimum absolute atomic E-state index is 0.0872. The molecule has 3 N–H and O–H groups in total. The number of dihydropyridines is 1. The number of nitriles is 1. The number of benzene rings is 2. The minimum Gasteiger partial charge on any atom is -0.468 e. The van der Waals surface area contributed by atoms with E-state index in [2.05, 4.69) is 22.0 Å². The molecule has 0 radical (unpaired) electrons. The molecular weight excluding hydrogens is 484 g/mol. The third-order valence-corrected chi connectivity index (χ3v) is 7.06. The van der Waals surface area contributed by atoms with Crippen LogP contribution in [0.3, 0.4) is 0 Å². The van der Waals surface area contributed by atoms with Crippen LogP contribution in [0, 0.1) is 32.1 Å². The fourth-order valence-electron chi connectivity index (χ4n) is 4.48. The molecule has 188 valence electrons. The molecule has 8 heteroatoms. The Kier molecular flexibility index (Phi) is 7.85. The summed E-state index contributed by atoms with van der Waals surface area (Å²) in [6, 6.07) is 18.9. The Morgan fingerprint density at radius 2 is 1.73 bits per heavy atom. The highest BCUT2D eigenvalue weighted by molar-refractivity contribution is 8.03. The summed E-state index contributed by atoms with van der Waals surface area (Å²) in [6.07, 6.45) is 1.52. The second-order valence-corrected chi connectivity index (χ2v) is 9.88. The molecule has 7 nitrogen and oxygen atoms in total. The van der Waals surface area contributed by atoms with Gasteiger partial charge in [0.25, 0.3) is 5.91 Å². The van der Waals surface area contributed by atoms with Gasteiger partial charge in [0, 0.05) is 17.1 Å². The Balaban J connectivity index is 1.62. The highest BCUT2D eigenvalue weighted by Gasteiger charge is 2.36. The van der Waals surface area contributed by atoms with Crippen molar-refractivity contribution in [2.75, 3.05) is 16.4 Å². The van der Waals surface area contributed by atoms with Gasteiger partial charge >= 0.3 is 0 Å². The SMILES string of the molecule is CC1=C(C(=O)Nc2c(C)cc(C)cc2C)[C@H](c2ccco2)C(C#N)=C(SCC(=O)Nc2ccccc2)N1. The summed E-state index contributed by atoms with van der Waals surface area (Å²) < 4.78 is 5.68. The van der Waals surface area contributed by atoms with Crippen molar-refractivity contribution < 1.29 is 14.0 Å². The normalized spacial score (nSPS) is 15.2. The number of amides is 2. The van der Waals surface area contributed by atoms with Crippen molar-refractivity contribution >= 4 is 35.0 Å². The van der Waals surface area contributed by atoms with Gasteiger partial charge in [-0.25, -0.2) is 0 Å². The van der Waals surface area contributed by atoms with Crippen LogP contribution in [0.15, 0.2) is 87.1 Å². The quantitative estimate of drug-likeness (QED) is 0.363. The van der Waals surface area contributed by atoms with Gasteiger partial charge in [0.1, 0.15) is 5.76 Å². The number of hydrogen-bond acceptors (Lipinski definition) is 6. The number of allylic oxidation sites excluding steroid dienone is 2. The summed E-state index contributed by atoms with van der Waals surface area (Å²) in [5.74, 6) is -0.671. The van der Waals surface area contributed by atoms with Gasteiger partial charge in [0.2, 0.25) is 5.91 Å². The van der Waals surface area contributed by atoms with E-state index in [1.54, 1.807) is 19.1 Å². The molecule has 3 aromatic rings. The number of nitrogens with one attached hydrogen (secondary N) is 3. The largest absolute Gasteiger partial charge is 0.468 e. The van der Waals surface area contributed by atoms with Gasteiger partial charge in [0.05, 0.1) is 40.2 Å².